The van der Waals surface area contributed by atoms with Crippen LogP contribution < -0.4 is 0 Å². The number of hydrogen-bond donors (Lipinski definition) is 1. The minimum Gasteiger partial charge on any atom is -0.444 e. The van der Waals surface area contributed by atoms with Crippen molar-refractivity contribution in [1.82, 2.24) is 14.9 Å². The van der Waals surface area contributed by atoms with Gasteiger partial charge in [0.05, 0.1) is 17.6 Å². The summed E-state index contributed by atoms with van der Waals surface area (Å²) in [4.78, 5) is 22.1. The molecule has 0 unspecified atom stereocenters. The molecule has 0 aliphatic carbocycles. The number of carbonyl (C=O) groups is 1. The Morgan fingerprint density at radius 3 is 2.81 bits per heavy atom. The fourth-order valence-electron chi connectivity index (χ4n) is 2.84. The van der Waals surface area contributed by atoms with Crippen LogP contribution in [0.1, 0.15) is 33.0 Å². The van der Waals surface area contributed by atoms with Gasteiger partial charge in [0.15, 0.2) is 0 Å². The van der Waals surface area contributed by atoms with Gasteiger partial charge in [-0.3, -0.25) is 4.90 Å². The number of aromatic amines is 1. The molecule has 3 rings (SSSR count). The van der Waals surface area contributed by atoms with Crippen LogP contribution in [0.25, 0.3) is 21.8 Å². The second-order valence-electron chi connectivity index (χ2n) is 7.37. The number of ether oxygens (including phenoxy) is 1. The van der Waals surface area contributed by atoms with Gasteiger partial charge in [0.2, 0.25) is 0 Å². The molecule has 27 heavy (non-hydrogen) atoms. The lowest BCUT2D eigenvalue weighted by Gasteiger charge is -2.26. The first-order valence-corrected chi connectivity index (χ1v) is 9.54. The zero-order chi connectivity index (χ0) is 19.6. The Kier molecular flexibility index (Phi) is 5.43. The van der Waals surface area contributed by atoms with Gasteiger partial charge < -0.3 is 9.72 Å². The van der Waals surface area contributed by atoms with E-state index in [1.54, 1.807) is 4.90 Å². The van der Waals surface area contributed by atoms with E-state index in [-0.39, 0.29) is 0 Å². The number of aromatic nitrogens is 2. The fraction of sp³-hybridized carbons (Fsp3) is 0.333. The van der Waals surface area contributed by atoms with Gasteiger partial charge in [-0.2, -0.15) is 0 Å². The second kappa shape index (κ2) is 7.61. The van der Waals surface area contributed by atoms with Crippen molar-refractivity contribution in [3.8, 4) is 12.3 Å². The minimum atomic E-state index is -0.567. The number of nitrogens with one attached hydrogen (secondary N) is 1. The average Bonchev–Trinajstić information content (AvgIpc) is 2.99. The van der Waals surface area contributed by atoms with E-state index < -0.39 is 11.7 Å². The van der Waals surface area contributed by atoms with Gasteiger partial charge in [-0.15, -0.1) is 12.3 Å². The standard InChI is InChI=1S/C21H22BrN3O2/c1-5-6-11-25(20(26)27-21(2,3)4)13-18-23-17-10-7-14-12-15(22)8-9-16(14)19(17)24-18/h1,7-10,12H,6,11,13H2,2-4H3,(H,23,24). The van der Waals surface area contributed by atoms with Crippen molar-refractivity contribution < 1.29 is 9.53 Å². The molecule has 1 N–H and O–H groups in total. The molecule has 3 aromatic rings. The highest BCUT2D eigenvalue weighted by Crippen LogP contribution is 2.26. The van der Waals surface area contributed by atoms with E-state index in [4.69, 9.17) is 16.1 Å². The number of H-pyrrole nitrogens is 1. The molecule has 0 aliphatic rings. The molecule has 0 fully saturated rings. The molecule has 6 heteroatoms. The smallest absolute Gasteiger partial charge is 0.410 e. The molecule has 1 aromatic heterocycles. The molecule has 0 aliphatic heterocycles. The van der Waals surface area contributed by atoms with E-state index in [0.717, 1.165) is 26.3 Å². The first kappa shape index (κ1) is 19.2. The van der Waals surface area contributed by atoms with Gasteiger partial charge in [0.1, 0.15) is 11.4 Å². The van der Waals surface area contributed by atoms with Gasteiger partial charge in [-0.25, -0.2) is 9.78 Å². The summed E-state index contributed by atoms with van der Waals surface area (Å²) < 4.78 is 6.52. The number of benzene rings is 2. The maximum atomic E-state index is 12.5. The maximum absolute atomic E-state index is 12.5. The zero-order valence-corrected chi connectivity index (χ0v) is 17.3. The number of nitrogens with zero attached hydrogens (tertiary/aromatic N) is 2. The third-order valence-corrected chi connectivity index (χ3v) is 4.49. The molecule has 0 atom stereocenters. The Morgan fingerprint density at radius 1 is 1.33 bits per heavy atom. The Morgan fingerprint density at radius 2 is 2.11 bits per heavy atom. The van der Waals surface area contributed by atoms with Crippen molar-refractivity contribution in [2.75, 3.05) is 6.54 Å². The summed E-state index contributed by atoms with van der Waals surface area (Å²) in [6.07, 6.45) is 5.44. The Bertz CT molecular complexity index is 1030. The van der Waals surface area contributed by atoms with E-state index >= 15 is 0 Å². The summed E-state index contributed by atoms with van der Waals surface area (Å²) in [5.74, 6) is 3.27. The molecule has 0 bridgehead atoms. The van der Waals surface area contributed by atoms with Crippen LogP contribution in [0.2, 0.25) is 0 Å². The van der Waals surface area contributed by atoms with Gasteiger partial charge in [0, 0.05) is 22.8 Å². The van der Waals surface area contributed by atoms with E-state index in [1.807, 2.05) is 45.0 Å². The summed E-state index contributed by atoms with van der Waals surface area (Å²) in [7, 11) is 0. The molecule has 140 valence electrons. The minimum absolute atomic E-state index is 0.309. The quantitative estimate of drug-likeness (QED) is 0.579. The Labute approximate surface area is 167 Å². The van der Waals surface area contributed by atoms with Gasteiger partial charge in [0.25, 0.3) is 0 Å². The molecule has 1 amide bonds. The van der Waals surface area contributed by atoms with Crippen LogP contribution >= 0.6 is 15.9 Å². The monoisotopic (exact) mass is 427 g/mol. The predicted octanol–water partition coefficient (Wildman–Crippen LogP) is 5.24. The number of rotatable bonds is 4. The number of carbonyl (C=O) groups excluding carboxylic acids is 1. The van der Waals surface area contributed by atoms with Gasteiger partial charge >= 0.3 is 6.09 Å². The Balaban J connectivity index is 1.91. The highest BCUT2D eigenvalue weighted by atomic mass is 79.9. The van der Waals surface area contributed by atoms with Crippen LogP contribution in [0.15, 0.2) is 34.8 Å². The largest absolute Gasteiger partial charge is 0.444 e. The van der Waals surface area contributed by atoms with Gasteiger partial charge in [-0.05, 0) is 44.4 Å². The Hall–Kier alpha value is -2.52. The van der Waals surface area contributed by atoms with Crippen molar-refractivity contribution in [1.29, 1.82) is 0 Å². The molecule has 0 saturated carbocycles. The summed E-state index contributed by atoms with van der Waals surface area (Å²) >= 11 is 3.50. The summed E-state index contributed by atoms with van der Waals surface area (Å²) in [6.45, 7) is 6.25. The predicted molar refractivity (Wildman–Crippen MR) is 111 cm³/mol. The van der Waals surface area contributed by atoms with E-state index in [2.05, 4.69) is 32.9 Å². The van der Waals surface area contributed by atoms with Crippen LogP contribution in [0.5, 0.6) is 0 Å². The molecule has 0 spiro atoms. The first-order chi connectivity index (χ1) is 12.8. The first-order valence-electron chi connectivity index (χ1n) is 8.75. The molecular weight excluding hydrogens is 406 g/mol. The highest BCUT2D eigenvalue weighted by molar-refractivity contribution is 9.10. The zero-order valence-electron chi connectivity index (χ0n) is 15.7. The van der Waals surface area contributed by atoms with Crippen LogP contribution in [0, 0.1) is 12.3 Å². The number of imidazole rings is 1. The highest BCUT2D eigenvalue weighted by Gasteiger charge is 2.23. The van der Waals surface area contributed by atoms with Crippen molar-refractivity contribution in [3.63, 3.8) is 0 Å². The van der Waals surface area contributed by atoms with E-state index in [1.165, 1.54) is 0 Å². The van der Waals surface area contributed by atoms with Crippen LogP contribution in [0.4, 0.5) is 4.79 Å². The third-order valence-electron chi connectivity index (χ3n) is 4.00. The molecule has 2 aromatic carbocycles. The summed E-state index contributed by atoms with van der Waals surface area (Å²) in [6, 6.07) is 10.1. The van der Waals surface area contributed by atoms with Crippen molar-refractivity contribution in [3.05, 3.63) is 40.6 Å². The van der Waals surface area contributed by atoms with Crippen LogP contribution in [-0.4, -0.2) is 33.1 Å². The van der Waals surface area contributed by atoms with Gasteiger partial charge in [-0.1, -0.05) is 28.1 Å². The number of amides is 1. The number of terminal acetylenes is 1. The topological polar surface area (TPSA) is 58.2 Å². The molecular formula is C21H22BrN3O2. The molecule has 0 saturated heterocycles. The normalized spacial score (nSPS) is 11.5. The molecule has 1 heterocycles. The van der Waals surface area contributed by atoms with E-state index in [0.29, 0.717) is 25.3 Å². The second-order valence-corrected chi connectivity index (χ2v) is 8.28. The van der Waals surface area contributed by atoms with Crippen molar-refractivity contribution in [2.24, 2.45) is 0 Å². The lowest BCUT2D eigenvalue weighted by atomic mass is 10.1. The number of fused-ring (bicyclic) bond motifs is 3. The van der Waals surface area contributed by atoms with Crippen molar-refractivity contribution in [2.45, 2.75) is 39.3 Å². The lowest BCUT2D eigenvalue weighted by molar-refractivity contribution is 0.0234. The number of halogens is 1. The van der Waals surface area contributed by atoms with Crippen LogP contribution in [0.3, 0.4) is 0 Å². The SMILES string of the molecule is C#CCCN(Cc1nc2c(ccc3cc(Br)ccc32)[nH]1)C(=O)OC(C)(C)C. The third kappa shape index (κ3) is 4.61. The lowest BCUT2D eigenvalue weighted by Crippen LogP contribution is -2.37. The summed E-state index contributed by atoms with van der Waals surface area (Å²) in [5.41, 5.74) is 1.25. The van der Waals surface area contributed by atoms with Crippen LogP contribution in [-0.2, 0) is 11.3 Å². The maximum Gasteiger partial charge on any atom is 0.410 e. The number of hydrogen-bond acceptors (Lipinski definition) is 3. The summed E-state index contributed by atoms with van der Waals surface area (Å²) in [5, 5.41) is 2.16. The van der Waals surface area contributed by atoms with Crippen molar-refractivity contribution >= 4 is 43.8 Å². The molecule has 0 radical (unpaired) electrons. The fourth-order valence-corrected chi connectivity index (χ4v) is 3.22. The average molecular weight is 428 g/mol. The van der Waals surface area contributed by atoms with E-state index in [9.17, 15) is 4.79 Å². The molecule has 5 nitrogen and oxygen atoms in total.